The number of amides is 1. The van der Waals surface area contributed by atoms with Gasteiger partial charge in [0.2, 0.25) is 10.0 Å². The van der Waals surface area contributed by atoms with E-state index in [0.29, 0.717) is 56.3 Å². The van der Waals surface area contributed by atoms with Crippen molar-refractivity contribution in [1.82, 2.24) is 9.21 Å². The van der Waals surface area contributed by atoms with Crippen LogP contribution in [0.3, 0.4) is 0 Å². The van der Waals surface area contributed by atoms with Crippen LogP contribution < -0.4 is 9.47 Å². The third kappa shape index (κ3) is 4.38. The van der Waals surface area contributed by atoms with E-state index in [1.54, 1.807) is 30.1 Å². The summed E-state index contributed by atoms with van der Waals surface area (Å²) in [5.41, 5.74) is 3.43. The summed E-state index contributed by atoms with van der Waals surface area (Å²) in [7, 11) is -2.03. The van der Waals surface area contributed by atoms with E-state index in [4.69, 9.17) is 9.47 Å². The van der Waals surface area contributed by atoms with Crippen molar-refractivity contribution in [3.8, 4) is 11.5 Å². The van der Waals surface area contributed by atoms with Crippen LogP contribution in [-0.4, -0.2) is 50.3 Å². The first-order chi connectivity index (χ1) is 16.4. The lowest BCUT2D eigenvalue weighted by Crippen LogP contribution is -2.36. The molecule has 0 aromatic heterocycles. The average molecular weight is 479 g/mol. The highest BCUT2D eigenvalue weighted by Crippen LogP contribution is 2.31. The zero-order chi connectivity index (χ0) is 23.7. The molecule has 3 aromatic carbocycles. The Labute approximate surface area is 199 Å². The lowest BCUT2D eigenvalue weighted by Gasteiger charge is -2.28. The van der Waals surface area contributed by atoms with Gasteiger partial charge in [-0.3, -0.25) is 4.79 Å². The molecule has 34 heavy (non-hydrogen) atoms. The fourth-order valence-corrected chi connectivity index (χ4v) is 5.83. The molecular formula is C26H26N2O5S. The van der Waals surface area contributed by atoms with Crippen LogP contribution in [0.5, 0.6) is 11.5 Å². The molecule has 0 saturated heterocycles. The van der Waals surface area contributed by atoms with Crippen LogP contribution in [0, 0.1) is 0 Å². The molecule has 0 aliphatic carbocycles. The van der Waals surface area contributed by atoms with E-state index in [2.05, 4.69) is 0 Å². The van der Waals surface area contributed by atoms with Gasteiger partial charge in [0.25, 0.3) is 5.91 Å². The quantitative estimate of drug-likeness (QED) is 0.561. The van der Waals surface area contributed by atoms with Crippen molar-refractivity contribution in [3.05, 3.63) is 89.0 Å². The van der Waals surface area contributed by atoms with Gasteiger partial charge < -0.3 is 14.4 Å². The standard InChI is InChI=1S/C26H26N2O5S/c1-27(17-19-9-10-24-25(15-19)33-14-13-32-24)26(29)21-7-4-8-23(16-21)34(30,31)28-12-11-20-5-2-3-6-22(20)18-28/h2-10,15-16H,11-14,17-18H2,1H3. The zero-order valence-electron chi connectivity index (χ0n) is 18.9. The second kappa shape index (κ2) is 9.12. The van der Waals surface area contributed by atoms with E-state index < -0.39 is 10.0 Å². The molecule has 0 spiro atoms. The van der Waals surface area contributed by atoms with Gasteiger partial charge in [0.15, 0.2) is 11.5 Å². The van der Waals surface area contributed by atoms with E-state index in [0.717, 1.165) is 11.1 Å². The molecule has 5 rings (SSSR count). The third-order valence-electron chi connectivity index (χ3n) is 6.19. The minimum Gasteiger partial charge on any atom is -0.486 e. The third-order valence-corrected chi connectivity index (χ3v) is 8.03. The second-order valence-corrected chi connectivity index (χ2v) is 10.5. The van der Waals surface area contributed by atoms with Crippen LogP contribution in [0.2, 0.25) is 0 Å². The Kier molecular flexibility index (Phi) is 6.02. The van der Waals surface area contributed by atoms with Crippen molar-refractivity contribution >= 4 is 15.9 Å². The van der Waals surface area contributed by atoms with E-state index in [1.807, 2.05) is 42.5 Å². The summed E-state index contributed by atoms with van der Waals surface area (Å²) in [5, 5.41) is 0. The molecule has 0 unspecified atom stereocenters. The molecule has 0 atom stereocenters. The van der Waals surface area contributed by atoms with Gasteiger partial charge in [0.1, 0.15) is 13.2 Å². The molecule has 3 aromatic rings. The van der Waals surface area contributed by atoms with Crippen molar-refractivity contribution in [1.29, 1.82) is 0 Å². The number of hydrogen-bond donors (Lipinski definition) is 0. The molecule has 0 radical (unpaired) electrons. The van der Waals surface area contributed by atoms with E-state index in [9.17, 15) is 13.2 Å². The number of carbonyl (C=O) groups is 1. The molecule has 0 fully saturated rings. The Balaban J connectivity index is 1.32. The fraction of sp³-hybridized carbons (Fsp3) is 0.269. The summed E-state index contributed by atoms with van der Waals surface area (Å²) in [4.78, 5) is 14.8. The maximum absolute atomic E-state index is 13.3. The second-order valence-electron chi connectivity index (χ2n) is 8.52. The Bertz CT molecular complexity index is 1340. The highest BCUT2D eigenvalue weighted by Gasteiger charge is 2.29. The number of sulfonamides is 1. The highest BCUT2D eigenvalue weighted by molar-refractivity contribution is 7.89. The van der Waals surface area contributed by atoms with Gasteiger partial charge in [0, 0.05) is 32.2 Å². The minimum absolute atomic E-state index is 0.130. The number of ether oxygens (including phenoxy) is 2. The van der Waals surface area contributed by atoms with Gasteiger partial charge in [-0.15, -0.1) is 0 Å². The smallest absolute Gasteiger partial charge is 0.253 e. The summed E-state index contributed by atoms with van der Waals surface area (Å²) in [6, 6.07) is 19.8. The van der Waals surface area contributed by atoms with Crippen molar-refractivity contribution in [2.45, 2.75) is 24.4 Å². The zero-order valence-corrected chi connectivity index (χ0v) is 19.8. The monoisotopic (exact) mass is 478 g/mol. The predicted molar refractivity (Wildman–Crippen MR) is 127 cm³/mol. The normalized spacial score (nSPS) is 15.4. The number of benzene rings is 3. The van der Waals surface area contributed by atoms with Crippen LogP contribution in [0.1, 0.15) is 27.0 Å². The lowest BCUT2D eigenvalue weighted by atomic mass is 10.0. The number of carbonyl (C=O) groups excluding carboxylic acids is 1. The molecule has 0 saturated carbocycles. The number of hydrogen-bond acceptors (Lipinski definition) is 5. The maximum Gasteiger partial charge on any atom is 0.253 e. The molecule has 1 amide bonds. The van der Waals surface area contributed by atoms with Crippen LogP contribution >= 0.6 is 0 Å². The van der Waals surface area contributed by atoms with Crippen LogP contribution in [0.4, 0.5) is 0 Å². The van der Waals surface area contributed by atoms with E-state index >= 15 is 0 Å². The number of nitrogens with zero attached hydrogens (tertiary/aromatic N) is 2. The lowest BCUT2D eigenvalue weighted by molar-refractivity contribution is 0.0784. The van der Waals surface area contributed by atoms with Gasteiger partial charge in [-0.25, -0.2) is 8.42 Å². The van der Waals surface area contributed by atoms with Gasteiger partial charge in [0.05, 0.1) is 4.90 Å². The first-order valence-corrected chi connectivity index (χ1v) is 12.7. The Morgan fingerprint density at radius 3 is 2.53 bits per heavy atom. The van der Waals surface area contributed by atoms with Gasteiger partial charge >= 0.3 is 0 Å². The number of fused-ring (bicyclic) bond motifs is 2. The first-order valence-electron chi connectivity index (χ1n) is 11.2. The Morgan fingerprint density at radius 2 is 1.71 bits per heavy atom. The average Bonchev–Trinajstić information content (AvgIpc) is 2.88. The summed E-state index contributed by atoms with van der Waals surface area (Å²) in [5.74, 6) is 1.11. The maximum atomic E-state index is 13.3. The van der Waals surface area contributed by atoms with E-state index in [-0.39, 0.29) is 10.8 Å². The van der Waals surface area contributed by atoms with Crippen molar-refractivity contribution in [3.63, 3.8) is 0 Å². The van der Waals surface area contributed by atoms with Gasteiger partial charge in [-0.05, 0) is 53.4 Å². The highest BCUT2D eigenvalue weighted by atomic mass is 32.2. The molecule has 0 bridgehead atoms. The topological polar surface area (TPSA) is 76.1 Å². The van der Waals surface area contributed by atoms with E-state index in [1.165, 1.54) is 15.9 Å². The van der Waals surface area contributed by atoms with Crippen LogP contribution in [0.15, 0.2) is 71.6 Å². The molecule has 2 heterocycles. The molecule has 7 nitrogen and oxygen atoms in total. The Hall–Kier alpha value is -3.36. The van der Waals surface area contributed by atoms with Crippen molar-refractivity contribution in [2.24, 2.45) is 0 Å². The molecule has 176 valence electrons. The number of rotatable bonds is 5. The van der Waals surface area contributed by atoms with Crippen molar-refractivity contribution < 1.29 is 22.7 Å². The Morgan fingerprint density at radius 1 is 0.941 bits per heavy atom. The molecule has 0 N–H and O–H groups in total. The summed E-state index contributed by atoms with van der Waals surface area (Å²) >= 11 is 0. The molecular weight excluding hydrogens is 452 g/mol. The van der Waals surface area contributed by atoms with Crippen molar-refractivity contribution in [2.75, 3.05) is 26.8 Å². The molecule has 2 aliphatic heterocycles. The summed E-state index contributed by atoms with van der Waals surface area (Å²) in [6.07, 6.45) is 0.673. The SMILES string of the molecule is CN(Cc1ccc2c(c1)OCCO2)C(=O)c1cccc(S(=O)(=O)N2CCc3ccccc3C2)c1. The molecule has 8 heteroatoms. The van der Waals surface area contributed by atoms with Gasteiger partial charge in [-0.1, -0.05) is 36.4 Å². The van der Waals surface area contributed by atoms with Crippen LogP contribution in [0.25, 0.3) is 0 Å². The summed E-state index contributed by atoms with van der Waals surface area (Å²) < 4.78 is 39.3. The largest absolute Gasteiger partial charge is 0.486 e. The predicted octanol–water partition coefficient (Wildman–Crippen LogP) is 3.48. The summed E-state index contributed by atoms with van der Waals surface area (Å²) in [6.45, 7) is 2.13. The first kappa shape index (κ1) is 22.4. The van der Waals surface area contributed by atoms with Crippen LogP contribution in [-0.2, 0) is 29.5 Å². The molecule has 2 aliphatic rings. The minimum atomic E-state index is -3.72. The fourth-order valence-electron chi connectivity index (χ4n) is 4.37. The van der Waals surface area contributed by atoms with Gasteiger partial charge in [-0.2, -0.15) is 4.31 Å².